The third kappa shape index (κ3) is 6.39. The Morgan fingerprint density at radius 3 is 2.37 bits per heavy atom. The van der Waals surface area contributed by atoms with Gasteiger partial charge in [0.25, 0.3) is 0 Å². The Hall–Kier alpha value is -0.610. The molecule has 0 fully saturated rings. The monoisotopic (exact) mass is 283 g/mol. The van der Waals surface area contributed by atoms with Gasteiger partial charge in [-0.05, 0) is 25.8 Å². The van der Waals surface area contributed by atoms with Crippen LogP contribution in [0.4, 0.5) is 5.13 Å². The Morgan fingerprint density at radius 2 is 1.79 bits per heavy atom. The average molecular weight is 283 g/mol. The number of nitrogens with zero attached hydrogens (tertiary/aromatic N) is 2. The summed E-state index contributed by atoms with van der Waals surface area (Å²) in [6, 6.07) is 0. The van der Waals surface area contributed by atoms with E-state index in [-0.39, 0.29) is 0 Å². The summed E-state index contributed by atoms with van der Waals surface area (Å²) in [4.78, 5) is 7.23. The molecule has 0 aromatic carbocycles. The predicted molar refractivity (Wildman–Crippen MR) is 86.1 cm³/mol. The lowest BCUT2D eigenvalue weighted by Gasteiger charge is -2.21. The molecular weight excluding hydrogens is 254 g/mol. The van der Waals surface area contributed by atoms with Crippen LogP contribution in [0.2, 0.25) is 0 Å². The fourth-order valence-corrected chi connectivity index (χ4v) is 2.80. The third-order valence-electron chi connectivity index (χ3n) is 3.11. The minimum Gasteiger partial charge on any atom is -0.348 e. The highest BCUT2D eigenvalue weighted by Gasteiger charge is 2.10. The second kappa shape index (κ2) is 10.2. The molecule has 110 valence electrons. The molecule has 1 aromatic rings. The van der Waals surface area contributed by atoms with E-state index in [0.717, 1.165) is 26.2 Å². The maximum atomic E-state index is 4.77. The zero-order chi connectivity index (χ0) is 13.9. The van der Waals surface area contributed by atoms with Crippen LogP contribution in [0.5, 0.6) is 0 Å². The van der Waals surface area contributed by atoms with Gasteiger partial charge in [-0.2, -0.15) is 0 Å². The number of nitrogens with one attached hydrogen (secondary N) is 1. The van der Waals surface area contributed by atoms with Crippen molar-refractivity contribution in [1.82, 2.24) is 10.3 Å². The van der Waals surface area contributed by atoms with E-state index in [2.05, 4.69) is 36.4 Å². The van der Waals surface area contributed by atoms with Gasteiger partial charge in [-0.3, -0.25) is 0 Å². The molecule has 3 nitrogen and oxygen atoms in total. The van der Waals surface area contributed by atoms with Crippen molar-refractivity contribution in [1.29, 1.82) is 0 Å². The van der Waals surface area contributed by atoms with E-state index in [1.165, 1.54) is 42.9 Å². The van der Waals surface area contributed by atoms with Crippen LogP contribution < -0.4 is 10.2 Å². The molecule has 4 heteroatoms. The van der Waals surface area contributed by atoms with Crippen LogP contribution in [-0.4, -0.2) is 24.6 Å². The number of rotatable bonds is 11. The van der Waals surface area contributed by atoms with Crippen molar-refractivity contribution in [3.8, 4) is 0 Å². The van der Waals surface area contributed by atoms with E-state index in [1.54, 1.807) is 11.3 Å². The molecule has 0 saturated heterocycles. The van der Waals surface area contributed by atoms with Crippen molar-refractivity contribution < 1.29 is 0 Å². The highest BCUT2D eigenvalue weighted by molar-refractivity contribution is 7.13. The summed E-state index contributed by atoms with van der Waals surface area (Å²) < 4.78 is 0. The molecule has 0 radical (unpaired) electrons. The normalized spacial score (nSPS) is 10.9. The molecule has 1 aromatic heterocycles. The van der Waals surface area contributed by atoms with Gasteiger partial charge >= 0.3 is 0 Å². The summed E-state index contributed by atoms with van der Waals surface area (Å²) in [5.74, 6) is 0. The minimum absolute atomic E-state index is 0.903. The Labute approximate surface area is 122 Å². The summed E-state index contributed by atoms with van der Waals surface area (Å²) in [6.07, 6.45) is 6.19. The minimum atomic E-state index is 0.903. The summed E-state index contributed by atoms with van der Waals surface area (Å²) >= 11 is 1.79. The molecule has 0 bridgehead atoms. The molecule has 0 atom stereocenters. The quantitative estimate of drug-likeness (QED) is 0.621. The first-order valence-electron chi connectivity index (χ1n) is 7.71. The molecule has 0 aliphatic rings. The molecule has 0 aliphatic heterocycles. The first kappa shape index (κ1) is 16.4. The summed E-state index contributed by atoms with van der Waals surface area (Å²) in [7, 11) is 0. The molecule has 1 heterocycles. The van der Waals surface area contributed by atoms with Gasteiger partial charge in [0.1, 0.15) is 0 Å². The van der Waals surface area contributed by atoms with E-state index >= 15 is 0 Å². The van der Waals surface area contributed by atoms with E-state index < -0.39 is 0 Å². The zero-order valence-electron chi connectivity index (χ0n) is 12.7. The lowest BCUT2D eigenvalue weighted by molar-refractivity contribution is 0.658. The van der Waals surface area contributed by atoms with E-state index in [9.17, 15) is 0 Å². The molecule has 0 spiro atoms. The van der Waals surface area contributed by atoms with Crippen LogP contribution in [0.25, 0.3) is 0 Å². The van der Waals surface area contributed by atoms with Crippen molar-refractivity contribution in [2.24, 2.45) is 0 Å². The van der Waals surface area contributed by atoms with Crippen molar-refractivity contribution >= 4 is 16.5 Å². The van der Waals surface area contributed by atoms with Gasteiger partial charge in [0.2, 0.25) is 0 Å². The largest absolute Gasteiger partial charge is 0.348 e. The van der Waals surface area contributed by atoms with Gasteiger partial charge in [0, 0.05) is 25.0 Å². The van der Waals surface area contributed by atoms with E-state index in [4.69, 9.17) is 4.98 Å². The van der Waals surface area contributed by atoms with Crippen molar-refractivity contribution in [2.75, 3.05) is 24.5 Å². The van der Waals surface area contributed by atoms with Gasteiger partial charge in [-0.15, -0.1) is 11.3 Å². The van der Waals surface area contributed by atoms with Crippen molar-refractivity contribution in [2.45, 2.75) is 59.4 Å². The number of hydrogen-bond donors (Lipinski definition) is 1. The van der Waals surface area contributed by atoms with Crippen LogP contribution in [-0.2, 0) is 6.54 Å². The van der Waals surface area contributed by atoms with Gasteiger partial charge in [-0.25, -0.2) is 4.98 Å². The molecule has 0 aliphatic carbocycles. The molecule has 19 heavy (non-hydrogen) atoms. The first-order valence-corrected chi connectivity index (χ1v) is 8.59. The first-order chi connectivity index (χ1) is 9.31. The van der Waals surface area contributed by atoms with Crippen LogP contribution in [0.3, 0.4) is 0 Å². The number of thiazole rings is 1. The maximum absolute atomic E-state index is 4.77. The summed E-state index contributed by atoms with van der Waals surface area (Å²) in [6.45, 7) is 11.0. The molecule has 0 amide bonds. The van der Waals surface area contributed by atoms with E-state index in [0.29, 0.717) is 0 Å². The number of hydrogen-bond acceptors (Lipinski definition) is 4. The van der Waals surface area contributed by atoms with Crippen LogP contribution in [0, 0.1) is 0 Å². The predicted octanol–water partition coefficient (Wildman–Crippen LogP) is 4.05. The Morgan fingerprint density at radius 1 is 1.11 bits per heavy atom. The fourth-order valence-electron chi connectivity index (χ4n) is 1.92. The highest BCUT2D eigenvalue weighted by atomic mass is 32.1. The zero-order valence-corrected chi connectivity index (χ0v) is 13.6. The Bertz CT molecular complexity index is 317. The van der Waals surface area contributed by atoms with Gasteiger partial charge < -0.3 is 10.2 Å². The number of unbranched alkanes of at least 4 members (excludes halogenated alkanes) is 2. The third-order valence-corrected chi connectivity index (χ3v) is 4.06. The van der Waals surface area contributed by atoms with E-state index in [1.807, 2.05) is 0 Å². The highest BCUT2D eigenvalue weighted by Crippen LogP contribution is 2.21. The lowest BCUT2D eigenvalue weighted by Crippen LogP contribution is -2.25. The second-order valence-corrected chi connectivity index (χ2v) is 5.83. The summed E-state index contributed by atoms with van der Waals surface area (Å²) in [5, 5.41) is 6.82. The molecular formula is C15H29N3S. The van der Waals surface area contributed by atoms with Crippen LogP contribution >= 0.6 is 11.3 Å². The summed E-state index contributed by atoms with van der Waals surface area (Å²) in [5.41, 5.74) is 1.19. The Kier molecular flexibility index (Phi) is 8.84. The Balaban J connectivity index is 2.51. The van der Waals surface area contributed by atoms with Crippen LogP contribution in [0.15, 0.2) is 5.38 Å². The molecule has 1 N–H and O–H groups in total. The van der Waals surface area contributed by atoms with Gasteiger partial charge in [0.05, 0.1) is 5.69 Å². The smallest absolute Gasteiger partial charge is 0.185 e. The SMILES string of the molecule is CCCCN(CCCC)c1nc(CNCCC)cs1. The fraction of sp³-hybridized carbons (Fsp3) is 0.800. The standard InChI is InChI=1S/C15H29N3S/c1-4-7-10-18(11-8-5-2)15-17-14(13-19-15)12-16-9-6-3/h13,16H,4-12H2,1-3H3. The lowest BCUT2D eigenvalue weighted by atomic mass is 10.3. The second-order valence-electron chi connectivity index (χ2n) is 4.99. The molecule has 0 saturated carbocycles. The topological polar surface area (TPSA) is 28.2 Å². The number of anilines is 1. The van der Waals surface area contributed by atoms with Crippen molar-refractivity contribution in [3.05, 3.63) is 11.1 Å². The van der Waals surface area contributed by atoms with Crippen molar-refractivity contribution in [3.63, 3.8) is 0 Å². The maximum Gasteiger partial charge on any atom is 0.185 e. The van der Waals surface area contributed by atoms with Gasteiger partial charge in [-0.1, -0.05) is 33.6 Å². The van der Waals surface area contributed by atoms with Crippen LogP contribution in [0.1, 0.15) is 58.6 Å². The molecule has 1 rings (SSSR count). The number of aromatic nitrogens is 1. The van der Waals surface area contributed by atoms with Gasteiger partial charge in [0.15, 0.2) is 5.13 Å². The average Bonchev–Trinajstić information content (AvgIpc) is 2.88. The molecule has 0 unspecified atom stereocenters.